The van der Waals surface area contributed by atoms with Crippen molar-refractivity contribution >= 4 is 23.0 Å². The summed E-state index contributed by atoms with van der Waals surface area (Å²) < 4.78 is 1.56. The molecule has 3 rings (SSSR count). The molecule has 0 aliphatic rings. The van der Waals surface area contributed by atoms with Gasteiger partial charge in [-0.2, -0.15) is 5.10 Å². The number of rotatable bonds is 1. The van der Waals surface area contributed by atoms with Crippen molar-refractivity contribution in [3.05, 3.63) is 47.5 Å². The van der Waals surface area contributed by atoms with Crippen LogP contribution in [0.1, 0.15) is 21.7 Å². The lowest BCUT2D eigenvalue weighted by molar-refractivity contribution is 0.111. The van der Waals surface area contributed by atoms with Crippen LogP contribution in [0.2, 0.25) is 0 Å². The van der Waals surface area contributed by atoms with Crippen molar-refractivity contribution in [1.82, 2.24) is 19.7 Å². The molecule has 0 atom stereocenters. The van der Waals surface area contributed by atoms with Gasteiger partial charge in [-0.05, 0) is 18.1 Å². The van der Waals surface area contributed by atoms with E-state index in [4.69, 9.17) is 5.73 Å². The van der Waals surface area contributed by atoms with E-state index in [0.29, 0.717) is 29.0 Å². The summed E-state index contributed by atoms with van der Waals surface area (Å²) in [6.07, 6.45) is 3.97. The first-order valence-electron chi connectivity index (χ1n) is 6.19. The van der Waals surface area contributed by atoms with Crippen molar-refractivity contribution in [2.75, 3.05) is 5.73 Å². The van der Waals surface area contributed by atoms with Crippen LogP contribution in [-0.4, -0.2) is 26.0 Å². The largest absolute Gasteiger partial charge is 0.382 e. The summed E-state index contributed by atoms with van der Waals surface area (Å²) in [4.78, 5) is 19.0. The standard InChI is InChI=1S/C15H11N5O/c1-20-12(7-11(9-21)19-20)5-4-10-8-18-15(16)14-13(10)3-2-6-17-14/h2-3,6-9H,1H3,(H2,16,18). The Hall–Kier alpha value is -3.20. The third-order valence-electron chi connectivity index (χ3n) is 3.02. The zero-order valence-corrected chi connectivity index (χ0v) is 11.2. The molecule has 3 aromatic rings. The van der Waals surface area contributed by atoms with Crippen LogP contribution in [0, 0.1) is 11.8 Å². The van der Waals surface area contributed by atoms with E-state index < -0.39 is 0 Å². The summed E-state index contributed by atoms with van der Waals surface area (Å²) in [6.45, 7) is 0. The van der Waals surface area contributed by atoms with E-state index in [2.05, 4.69) is 26.9 Å². The van der Waals surface area contributed by atoms with Crippen LogP contribution in [0.4, 0.5) is 5.82 Å². The van der Waals surface area contributed by atoms with Crippen molar-refractivity contribution in [2.24, 2.45) is 7.05 Å². The van der Waals surface area contributed by atoms with E-state index in [1.807, 2.05) is 12.1 Å². The molecule has 0 fully saturated rings. The Balaban J connectivity index is 2.11. The summed E-state index contributed by atoms with van der Waals surface area (Å²) in [6, 6.07) is 5.34. The molecule has 0 amide bonds. The van der Waals surface area contributed by atoms with Gasteiger partial charge in [0.05, 0.1) is 5.56 Å². The van der Waals surface area contributed by atoms with Gasteiger partial charge in [-0.25, -0.2) is 4.98 Å². The van der Waals surface area contributed by atoms with Crippen LogP contribution in [-0.2, 0) is 7.05 Å². The van der Waals surface area contributed by atoms with Gasteiger partial charge in [0.1, 0.15) is 22.7 Å². The maximum atomic E-state index is 10.7. The molecule has 0 aliphatic heterocycles. The summed E-state index contributed by atoms with van der Waals surface area (Å²) in [7, 11) is 1.73. The number of aromatic nitrogens is 4. The zero-order chi connectivity index (χ0) is 14.8. The Bertz CT molecular complexity index is 901. The van der Waals surface area contributed by atoms with Crippen LogP contribution in [0.5, 0.6) is 0 Å². The molecule has 0 saturated carbocycles. The molecule has 6 nitrogen and oxygen atoms in total. The second-order valence-corrected chi connectivity index (χ2v) is 4.40. The highest BCUT2D eigenvalue weighted by atomic mass is 16.1. The maximum Gasteiger partial charge on any atom is 0.170 e. The second-order valence-electron chi connectivity index (χ2n) is 4.40. The SMILES string of the molecule is Cn1nc(C=O)cc1C#Cc1cnc(N)c2ncccc12. The average Bonchev–Trinajstić information content (AvgIpc) is 2.87. The van der Waals surface area contributed by atoms with E-state index >= 15 is 0 Å². The normalized spacial score (nSPS) is 10.1. The molecule has 0 spiro atoms. The quantitative estimate of drug-likeness (QED) is 0.532. The van der Waals surface area contributed by atoms with E-state index in [0.717, 1.165) is 10.9 Å². The fourth-order valence-corrected chi connectivity index (χ4v) is 1.99. The molecule has 0 radical (unpaired) electrons. The highest BCUT2D eigenvalue weighted by molar-refractivity contribution is 5.91. The highest BCUT2D eigenvalue weighted by Crippen LogP contribution is 2.19. The molecule has 21 heavy (non-hydrogen) atoms. The van der Waals surface area contributed by atoms with Gasteiger partial charge in [0.25, 0.3) is 0 Å². The maximum absolute atomic E-state index is 10.7. The van der Waals surface area contributed by atoms with Crippen molar-refractivity contribution in [1.29, 1.82) is 0 Å². The van der Waals surface area contributed by atoms with Crippen molar-refractivity contribution < 1.29 is 4.79 Å². The smallest absolute Gasteiger partial charge is 0.170 e. The monoisotopic (exact) mass is 277 g/mol. The lowest BCUT2D eigenvalue weighted by Gasteiger charge is -2.01. The van der Waals surface area contributed by atoms with E-state index in [-0.39, 0.29) is 0 Å². The molecule has 0 aromatic carbocycles. The summed E-state index contributed by atoms with van der Waals surface area (Å²) in [5, 5.41) is 4.86. The van der Waals surface area contributed by atoms with Gasteiger partial charge >= 0.3 is 0 Å². The van der Waals surface area contributed by atoms with Crippen LogP contribution in [0.15, 0.2) is 30.6 Å². The summed E-state index contributed by atoms with van der Waals surface area (Å²) in [5.74, 6) is 6.38. The number of hydrogen-bond donors (Lipinski definition) is 1. The van der Waals surface area contributed by atoms with Gasteiger partial charge < -0.3 is 5.73 Å². The zero-order valence-electron chi connectivity index (χ0n) is 11.2. The predicted molar refractivity (Wildman–Crippen MR) is 78.5 cm³/mol. The lowest BCUT2D eigenvalue weighted by Crippen LogP contribution is -1.96. The molecular formula is C15H11N5O. The predicted octanol–water partition coefficient (Wildman–Crippen LogP) is 1.16. The fraction of sp³-hybridized carbons (Fsp3) is 0.0667. The number of hydrogen-bond acceptors (Lipinski definition) is 5. The molecule has 102 valence electrons. The number of carbonyl (C=O) groups is 1. The number of fused-ring (bicyclic) bond motifs is 1. The topological polar surface area (TPSA) is 86.7 Å². The van der Waals surface area contributed by atoms with Crippen molar-refractivity contribution in [3.8, 4) is 11.8 Å². The number of anilines is 1. The molecule has 2 N–H and O–H groups in total. The number of nitrogens with two attached hydrogens (primary N) is 1. The Morgan fingerprint density at radius 2 is 2.19 bits per heavy atom. The second kappa shape index (κ2) is 5.06. The minimum absolute atomic E-state index is 0.351. The van der Waals surface area contributed by atoms with Gasteiger partial charge in [0.15, 0.2) is 6.29 Å². The first kappa shape index (κ1) is 12.8. The van der Waals surface area contributed by atoms with Crippen molar-refractivity contribution in [2.45, 2.75) is 0 Å². The molecule has 0 unspecified atom stereocenters. The Labute approximate surface area is 120 Å². The number of nitrogen functional groups attached to an aromatic ring is 1. The molecule has 0 aliphatic carbocycles. The third-order valence-corrected chi connectivity index (χ3v) is 3.02. The average molecular weight is 277 g/mol. The molecule has 3 aromatic heterocycles. The highest BCUT2D eigenvalue weighted by Gasteiger charge is 2.05. The summed E-state index contributed by atoms with van der Waals surface area (Å²) >= 11 is 0. The van der Waals surface area contributed by atoms with Gasteiger partial charge in [-0.1, -0.05) is 5.92 Å². The first-order chi connectivity index (χ1) is 10.2. The Morgan fingerprint density at radius 1 is 1.33 bits per heavy atom. The molecule has 3 heterocycles. The number of aryl methyl sites for hydroxylation is 1. The van der Waals surface area contributed by atoms with Crippen molar-refractivity contribution in [3.63, 3.8) is 0 Å². The van der Waals surface area contributed by atoms with E-state index in [1.165, 1.54) is 0 Å². The van der Waals surface area contributed by atoms with Gasteiger partial charge in [-0.15, -0.1) is 0 Å². The minimum atomic E-state index is 0.351. The van der Waals surface area contributed by atoms with E-state index in [9.17, 15) is 4.79 Å². The number of aldehydes is 1. The fourth-order valence-electron chi connectivity index (χ4n) is 1.99. The Morgan fingerprint density at radius 3 is 2.95 bits per heavy atom. The first-order valence-corrected chi connectivity index (χ1v) is 6.19. The van der Waals surface area contributed by atoms with Crippen LogP contribution < -0.4 is 5.73 Å². The minimum Gasteiger partial charge on any atom is -0.382 e. The molecular weight excluding hydrogens is 266 g/mol. The summed E-state index contributed by atoms with van der Waals surface area (Å²) in [5.41, 5.74) is 8.15. The molecule has 6 heteroatoms. The molecule has 0 bridgehead atoms. The lowest BCUT2D eigenvalue weighted by atomic mass is 10.1. The van der Waals surface area contributed by atoms with Gasteiger partial charge in [0.2, 0.25) is 0 Å². The number of carbonyl (C=O) groups excluding carboxylic acids is 1. The van der Waals surface area contributed by atoms with Crippen LogP contribution >= 0.6 is 0 Å². The Kier molecular flexibility index (Phi) is 3.09. The number of nitrogens with zero attached hydrogens (tertiary/aromatic N) is 4. The van der Waals surface area contributed by atoms with E-state index in [1.54, 1.807) is 30.2 Å². The van der Waals surface area contributed by atoms with Crippen LogP contribution in [0.25, 0.3) is 10.9 Å². The van der Waals surface area contributed by atoms with Gasteiger partial charge in [-0.3, -0.25) is 14.5 Å². The third kappa shape index (κ3) is 2.32. The van der Waals surface area contributed by atoms with Crippen LogP contribution in [0.3, 0.4) is 0 Å². The molecule has 0 saturated heterocycles. The van der Waals surface area contributed by atoms with Gasteiger partial charge in [0, 0.05) is 30.9 Å². The number of pyridine rings is 2.